The van der Waals surface area contributed by atoms with Crippen molar-refractivity contribution in [3.63, 3.8) is 0 Å². The summed E-state index contributed by atoms with van der Waals surface area (Å²) in [6, 6.07) is 11.0. The van der Waals surface area contributed by atoms with Crippen LogP contribution in [0.2, 0.25) is 0 Å². The predicted molar refractivity (Wildman–Crippen MR) is 68.9 cm³/mol. The highest BCUT2D eigenvalue weighted by Crippen LogP contribution is 2.38. The molecule has 1 aromatic carbocycles. The summed E-state index contributed by atoms with van der Waals surface area (Å²) in [5, 5.41) is 10.8. The third-order valence-electron chi connectivity index (χ3n) is 4.51. The summed E-state index contributed by atoms with van der Waals surface area (Å²) in [6.45, 7) is 2.29. The maximum absolute atomic E-state index is 10.8. The van der Waals surface area contributed by atoms with Crippen LogP contribution in [0.15, 0.2) is 30.3 Å². The van der Waals surface area contributed by atoms with Gasteiger partial charge in [0.1, 0.15) is 0 Å². The smallest absolute Gasteiger partial charge is 0.0817 e. The molecule has 0 radical (unpaired) electrons. The number of aliphatic hydroxyl groups is 1. The molecule has 2 aliphatic heterocycles. The summed E-state index contributed by atoms with van der Waals surface area (Å²) in [7, 11) is 0. The third-order valence-corrected chi connectivity index (χ3v) is 4.51. The number of hydrogen-bond donors (Lipinski definition) is 1. The van der Waals surface area contributed by atoms with Crippen LogP contribution in [0.25, 0.3) is 0 Å². The highest BCUT2D eigenvalue weighted by atomic mass is 16.3. The van der Waals surface area contributed by atoms with Crippen molar-refractivity contribution < 1.29 is 5.11 Å². The lowest BCUT2D eigenvalue weighted by atomic mass is 9.87. The van der Waals surface area contributed by atoms with E-state index >= 15 is 0 Å². The van der Waals surface area contributed by atoms with E-state index in [1.54, 1.807) is 0 Å². The zero-order chi connectivity index (χ0) is 11.7. The molecule has 2 fully saturated rings. The summed E-state index contributed by atoms with van der Waals surface area (Å²) in [5.41, 5.74) is 0.921. The van der Waals surface area contributed by atoms with E-state index in [9.17, 15) is 5.11 Å². The van der Waals surface area contributed by atoms with Crippen LogP contribution in [-0.2, 0) is 6.42 Å². The van der Waals surface area contributed by atoms with Gasteiger partial charge in [-0.3, -0.25) is 4.90 Å². The number of benzene rings is 1. The molecule has 92 valence electrons. The monoisotopic (exact) mass is 231 g/mol. The third kappa shape index (κ3) is 2.12. The minimum absolute atomic E-state index is 0.424. The minimum Gasteiger partial charge on any atom is -0.388 e. The molecular weight excluding hydrogens is 210 g/mol. The summed E-state index contributed by atoms with van der Waals surface area (Å²) in [4.78, 5) is 2.48. The molecule has 2 saturated heterocycles. The van der Waals surface area contributed by atoms with Crippen LogP contribution in [0.1, 0.15) is 31.2 Å². The first-order valence-corrected chi connectivity index (χ1v) is 6.78. The molecule has 1 N–H and O–H groups in total. The zero-order valence-corrected chi connectivity index (χ0v) is 10.3. The van der Waals surface area contributed by atoms with Crippen LogP contribution >= 0.6 is 0 Å². The lowest BCUT2D eigenvalue weighted by Gasteiger charge is -2.30. The fourth-order valence-electron chi connectivity index (χ4n) is 3.50. The van der Waals surface area contributed by atoms with E-state index < -0.39 is 5.60 Å². The van der Waals surface area contributed by atoms with E-state index in [1.165, 1.54) is 24.9 Å². The highest BCUT2D eigenvalue weighted by Gasteiger charge is 2.47. The van der Waals surface area contributed by atoms with Crippen molar-refractivity contribution in [3.05, 3.63) is 35.9 Å². The molecule has 0 bridgehead atoms. The van der Waals surface area contributed by atoms with Crippen molar-refractivity contribution in [3.8, 4) is 0 Å². The molecule has 0 aromatic heterocycles. The van der Waals surface area contributed by atoms with E-state index in [0.717, 1.165) is 25.8 Å². The Morgan fingerprint density at radius 3 is 2.88 bits per heavy atom. The van der Waals surface area contributed by atoms with E-state index in [2.05, 4.69) is 29.2 Å². The lowest BCUT2D eigenvalue weighted by Crippen LogP contribution is -2.41. The molecule has 0 spiro atoms. The molecular formula is C15H21NO. The van der Waals surface area contributed by atoms with Gasteiger partial charge in [-0.05, 0) is 44.2 Å². The van der Waals surface area contributed by atoms with Crippen LogP contribution in [0, 0.1) is 0 Å². The Morgan fingerprint density at radius 2 is 2.06 bits per heavy atom. The fraction of sp³-hybridized carbons (Fsp3) is 0.600. The second-order valence-electron chi connectivity index (χ2n) is 5.53. The Balaban J connectivity index is 1.65. The van der Waals surface area contributed by atoms with Gasteiger partial charge in [-0.15, -0.1) is 0 Å². The molecule has 2 atom stereocenters. The first-order valence-electron chi connectivity index (χ1n) is 6.78. The van der Waals surface area contributed by atoms with Crippen LogP contribution in [0.5, 0.6) is 0 Å². The Bertz CT molecular complexity index is 378. The van der Waals surface area contributed by atoms with Crippen molar-refractivity contribution in [2.45, 2.75) is 43.7 Å². The molecule has 2 heteroatoms. The van der Waals surface area contributed by atoms with Gasteiger partial charge in [0.2, 0.25) is 0 Å². The highest BCUT2D eigenvalue weighted by molar-refractivity contribution is 5.16. The number of hydrogen-bond acceptors (Lipinski definition) is 2. The maximum Gasteiger partial charge on any atom is 0.0817 e. The normalized spacial score (nSPS) is 32.9. The maximum atomic E-state index is 10.8. The number of aryl methyl sites for hydroxylation is 1. The van der Waals surface area contributed by atoms with Gasteiger partial charge in [0, 0.05) is 12.6 Å². The largest absolute Gasteiger partial charge is 0.388 e. The molecule has 2 aliphatic rings. The molecule has 0 amide bonds. The Hall–Kier alpha value is -0.860. The van der Waals surface area contributed by atoms with Gasteiger partial charge >= 0.3 is 0 Å². The minimum atomic E-state index is -0.424. The van der Waals surface area contributed by atoms with Crippen molar-refractivity contribution in [2.24, 2.45) is 0 Å². The van der Waals surface area contributed by atoms with Gasteiger partial charge in [-0.2, -0.15) is 0 Å². The SMILES string of the molecule is OC1(CCc2ccccc2)CCN2CCCC21. The fourth-order valence-corrected chi connectivity index (χ4v) is 3.50. The van der Waals surface area contributed by atoms with Gasteiger partial charge in [-0.1, -0.05) is 30.3 Å². The van der Waals surface area contributed by atoms with Crippen LogP contribution in [0.4, 0.5) is 0 Å². The lowest BCUT2D eigenvalue weighted by molar-refractivity contribution is 0.00613. The summed E-state index contributed by atoms with van der Waals surface area (Å²) in [6.07, 6.45) is 5.33. The van der Waals surface area contributed by atoms with E-state index in [1.807, 2.05) is 6.07 Å². The molecule has 2 heterocycles. The molecule has 2 nitrogen and oxygen atoms in total. The van der Waals surface area contributed by atoms with Gasteiger partial charge in [0.25, 0.3) is 0 Å². The van der Waals surface area contributed by atoms with E-state index in [4.69, 9.17) is 0 Å². The average molecular weight is 231 g/mol. The Kier molecular flexibility index (Phi) is 2.93. The van der Waals surface area contributed by atoms with Gasteiger partial charge < -0.3 is 5.11 Å². The van der Waals surface area contributed by atoms with Crippen LogP contribution < -0.4 is 0 Å². The Labute approximate surface area is 103 Å². The quantitative estimate of drug-likeness (QED) is 0.862. The zero-order valence-electron chi connectivity index (χ0n) is 10.3. The standard InChI is InChI=1S/C15H21NO/c17-15(9-8-13-5-2-1-3-6-13)10-12-16-11-4-7-14(15)16/h1-3,5-6,14,17H,4,7-12H2. The molecule has 1 aromatic rings. The van der Waals surface area contributed by atoms with Gasteiger partial charge in [-0.25, -0.2) is 0 Å². The number of nitrogens with zero attached hydrogens (tertiary/aromatic N) is 1. The topological polar surface area (TPSA) is 23.5 Å². The van der Waals surface area contributed by atoms with Crippen molar-refractivity contribution in [1.29, 1.82) is 0 Å². The van der Waals surface area contributed by atoms with Gasteiger partial charge in [0.05, 0.1) is 5.60 Å². The second-order valence-corrected chi connectivity index (χ2v) is 5.53. The molecule has 2 unspecified atom stereocenters. The van der Waals surface area contributed by atoms with Crippen molar-refractivity contribution >= 4 is 0 Å². The number of rotatable bonds is 3. The summed E-state index contributed by atoms with van der Waals surface area (Å²) < 4.78 is 0. The second kappa shape index (κ2) is 4.43. The molecule has 0 aliphatic carbocycles. The number of fused-ring (bicyclic) bond motifs is 1. The van der Waals surface area contributed by atoms with Crippen molar-refractivity contribution in [2.75, 3.05) is 13.1 Å². The first-order chi connectivity index (χ1) is 8.28. The van der Waals surface area contributed by atoms with Crippen molar-refractivity contribution in [1.82, 2.24) is 4.90 Å². The summed E-state index contributed by atoms with van der Waals surface area (Å²) in [5.74, 6) is 0. The predicted octanol–water partition coefficient (Wildman–Crippen LogP) is 2.22. The van der Waals surface area contributed by atoms with Crippen LogP contribution in [-0.4, -0.2) is 34.7 Å². The van der Waals surface area contributed by atoms with Gasteiger partial charge in [0.15, 0.2) is 0 Å². The average Bonchev–Trinajstić information content (AvgIpc) is 2.94. The first kappa shape index (κ1) is 11.2. The molecule has 0 saturated carbocycles. The molecule has 3 rings (SSSR count). The van der Waals surface area contributed by atoms with E-state index in [0.29, 0.717) is 6.04 Å². The van der Waals surface area contributed by atoms with Crippen LogP contribution in [0.3, 0.4) is 0 Å². The molecule has 17 heavy (non-hydrogen) atoms. The van der Waals surface area contributed by atoms with E-state index in [-0.39, 0.29) is 0 Å². The Morgan fingerprint density at radius 1 is 1.24 bits per heavy atom. The summed E-state index contributed by atoms with van der Waals surface area (Å²) >= 11 is 0.